The summed E-state index contributed by atoms with van der Waals surface area (Å²) >= 11 is 0. The molecule has 37 heavy (non-hydrogen) atoms. The summed E-state index contributed by atoms with van der Waals surface area (Å²) in [6.45, 7) is -1.15. The third kappa shape index (κ3) is 7.03. The fraction of sp³-hybridized carbons (Fsp3) is 0.450. The molecule has 1 fully saturated rings. The van der Waals surface area contributed by atoms with Crippen molar-refractivity contribution in [3.05, 3.63) is 57.6 Å². The summed E-state index contributed by atoms with van der Waals surface area (Å²) in [5, 5.41) is 0. The lowest BCUT2D eigenvalue weighted by molar-refractivity contribution is -0.143. The highest BCUT2D eigenvalue weighted by atomic mass is 31.1. The van der Waals surface area contributed by atoms with Gasteiger partial charge in [-0.05, 0) is 28.8 Å². The SMILES string of the molecule is CN(C)[P+](=O)OC[C@@H]1CN(C(=O)c2cc(C(F)(F)F)cc(C(F)(F)F)c2)CC(n2ccc(N)nc2=O)O1. The maximum Gasteiger partial charge on any atom is 0.615 e. The van der Waals surface area contributed by atoms with Gasteiger partial charge in [0.2, 0.25) is 0 Å². The van der Waals surface area contributed by atoms with E-state index in [-0.39, 0.29) is 25.0 Å². The number of anilines is 1. The molecule has 1 aromatic carbocycles. The van der Waals surface area contributed by atoms with Crippen molar-refractivity contribution in [3.63, 3.8) is 0 Å². The van der Waals surface area contributed by atoms with E-state index in [1.54, 1.807) is 0 Å². The quantitative estimate of drug-likeness (QED) is 0.426. The molecule has 1 aliphatic rings. The van der Waals surface area contributed by atoms with Gasteiger partial charge in [0.05, 0.1) is 17.7 Å². The Kier molecular flexibility index (Phi) is 8.27. The van der Waals surface area contributed by atoms with Crippen LogP contribution in [0.4, 0.5) is 32.2 Å². The van der Waals surface area contributed by atoms with Crippen molar-refractivity contribution >= 4 is 19.9 Å². The molecule has 202 valence electrons. The van der Waals surface area contributed by atoms with Gasteiger partial charge in [-0.15, -0.1) is 4.52 Å². The number of rotatable bonds is 6. The van der Waals surface area contributed by atoms with Crippen molar-refractivity contribution in [1.29, 1.82) is 0 Å². The number of nitrogen functional groups attached to an aromatic ring is 1. The zero-order valence-electron chi connectivity index (χ0n) is 19.3. The molecular weight excluding hydrogens is 535 g/mol. The molecule has 0 spiro atoms. The second kappa shape index (κ2) is 10.7. The van der Waals surface area contributed by atoms with E-state index in [2.05, 4.69) is 4.98 Å². The highest BCUT2D eigenvalue weighted by molar-refractivity contribution is 7.36. The number of carbonyl (C=O) groups is 1. The van der Waals surface area contributed by atoms with E-state index in [9.17, 15) is 40.5 Å². The van der Waals surface area contributed by atoms with Crippen molar-refractivity contribution in [2.45, 2.75) is 24.7 Å². The number of nitrogens with two attached hydrogens (primary N) is 1. The summed E-state index contributed by atoms with van der Waals surface area (Å²) in [5.41, 5.74) is 0.414. The minimum atomic E-state index is -5.15. The Bertz CT molecular complexity index is 1200. The molecule has 1 saturated heterocycles. The maximum absolute atomic E-state index is 13.3. The first-order chi connectivity index (χ1) is 17.1. The first kappa shape index (κ1) is 28.5. The minimum Gasteiger partial charge on any atom is -0.383 e. The second-order valence-corrected chi connectivity index (χ2v) is 9.67. The van der Waals surface area contributed by atoms with E-state index in [4.69, 9.17) is 15.0 Å². The summed E-state index contributed by atoms with van der Waals surface area (Å²) in [6, 6.07) is 1.79. The van der Waals surface area contributed by atoms with E-state index in [0.717, 1.165) is 9.47 Å². The topological polar surface area (TPSA) is 120 Å². The Labute approximate surface area is 206 Å². The molecule has 1 aliphatic heterocycles. The van der Waals surface area contributed by atoms with E-state index in [0.29, 0.717) is 12.1 Å². The molecule has 17 heteroatoms. The summed E-state index contributed by atoms with van der Waals surface area (Å²) < 4.78 is 105. The standard InChI is InChI=1S/C20H20F6N5O5P/c1-29(2)37(34)35-10-14-8-30(9-16(36-14)31-4-3-15(27)28-18(31)33)17(32)11-5-12(19(21,22)23)7-13(6-11)20(24,25)26/h3-7,14,16H,8-10H2,1-2H3,(H-,27,28,33)/p+1/t14-,16?/m0/s1. The summed E-state index contributed by atoms with van der Waals surface area (Å²) in [7, 11) is 0.626. The number of carbonyl (C=O) groups excluding carboxylic acids is 1. The van der Waals surface area contributed by atoms with Crippen LogP contribution in [-0.4, -0.2) is 64.9 Å². The molecule has 3 atom stereocenters. The van der Waals surface area contributed by atoms with E-state index in [1.165, 1.54) is 31.0 Å². The fourth-order valence-electron chi connectivity index (χ4n) is 3.40. The number of hydrogen-bond donors (Lipinski definition) is 1. The molecule has 3 rings (SSSR count). The lowest BCUT2D eigenvalue weighted by Crippen LogP contribution is -2.51. The average Bonchev–Trinajstić information content (AvgIpc) is 2.80. The number of hydrogen-bond acceptors (Lipinski definition) is 7. The molecule has 0 radical (unpaired) electrons. The molecule has 10 nitrogen and oxygen atoms in total. The van der Waals surface area contributed by atoms with Crippen LogP contribution in [0.25, 0.3) is 0 Å². The summed E-state index contributed by atoms with van der Waals surface area (Å²) in [6.07, 6.45) is -11.4. The molecule has 2 unspecified atom stereocenters. The predicted octanol–water partition coefficient (Wildman–Crippen LogP) is 3.14. The summed E-state index contributed by atoms with van der Waals surface area (Å²) in [5.74, 6) is -1.29. The van der Waals surface area contributed by atoms with E-state index < -0.39 is 67.7 Å². The van der Waals surface area contributed by atoms with Gasteiger partial charge in [-0.2, -0.15) is 31.3 Å². The lowest BCUT2D eigenvalue weighted by Gasteiger charge is -2.38. The van der Waals surface area contributed by atoms with Crippen LogP contribution in [0.1, 0.15) is 27.7 Å². The third-order valence-corrected chi connectivity index (χ3v) is 6.15. The van der Waals surface area contributed by atoms with E-state index in [1.807, 2.05) is 0 Å². The first-order valence-electron chi connectivity index (χ1n) is 10.4. The van der Waals surface area contributed by atoms with Gasteiger partial charge in [-0.3, -0.25) is 9.36 Å². The molecule has 2 aromatic rings. The Morgan fingerprint density at radius 3 is 2.27 bits per heavy atom. The number of alkyl halides is 6. The van der Waals surface area contributed by atoms with Crippen LogP contribution in [0.5, 0.6) is 0 Å². The van der Waals surface area contributed by atoms with Crippen molar-refractivity contribution in [2.24, 2.45) is 0 Å². The van der Waals surface area contributed by atoms with Crippen molar-refractivity contribution in [3.8, 4) is 0 Å². The number of nitrogens with zero attached hydrogens (tertiary/aromatic N) is 4. The number of amides is 1. The zero-order valence-corrected chi connectivity index (χ0v) is 20.2. The Morgan fingerprint density at radius 2 is 1.76 bits per heavy atom. The van der Waals surface area contributed by atoms with Gasteiger partial charge in [0.15, 0.2) is 6.23 Å². The molecular formula is C20H21F6N5O5P+. The van der Waals surface area contributed by atoms with Crippen LogP contribution in [-0.2, 0) is 26.2 Å². The average molecular weight is 556 g/mol. The predicted molar refractivity (Wildman–Crippen MR) is 116 cm³/mol. The molecule has 2 N–H and O–H groups in total. The first-order valence-corrected chi connectivity index (χ1v) is 11.6. The molecule has 2 heterocycles. The molecule has 1 amide bonds. The van der Waals surface area contributed by atoms with Crippen molar-refractivity contribution < 1.29 is 45.0 Å². The van der Waals surface area contributed by atoms with Gasteiger partial charge in [0, 0.05) is 32.4 Å². The largest absolute Gasteiger partial charge is 0.615 e. The highest BCUT2D eigenvalue weighted by Gasteiger charge is 2.40. The van der Waals surface area contributed by atoms with Crippen LogP contribution in [0, 0.1) is 0 Å². The minimum absolute atomic E-state index is 0.0903. The number of aromatic nitrogens is 2. The van der Waals surface area contributed by atoms with Gasteiger partial charge in [-0.1, -0.05) is 4.67 Å². The van der Waals surface area contributed by atoms with Crippen molar-refractivity contribution in [1.82, 2.24) is 19.1 Å². The van der Waals surface area contributed by atoms with Crippen LogP contribution in [0.3, 0.4) is 0 Å². The van der Waals surface area contributed by atoms with Gasteiger partial charge in [-0.25, -0.2) is 4.79 Å². The summed E-state index contributed by atoms with van der Waals surface area (Å²) in [4.78, 5) is 29.9. The van der Waals surface area contributed by atoms with Gasteiger partial charge in [0.1, 0.15) is 18.5 Å². The third-order valence-electron chi connectivity index (χ3n) is 5.13. The number of ether oxygens (including phenoxy) is 1. The van der Waals surface area contributed by atoms with Crippen LogP contribution >= 0.6 is 8.18 Å². The monoisotopic (exact) mass is 556 g/mol. The van der Waals surface area contributed by atoms with Crippen LogP contribution in [0.15, 0.2) is 35.3 Å². The Balaban J connectivity index is 1.98. The highest BCUT2D eigenvalue weighted by Crippen LogP contribution is 2.37. The number of benzene rings is 1. The van der Waals surface area contributed by atoms with Gasteiger partial charge in [0.25, 0.3) is 5.91 Å². The van der Waals surface area contributed by atoms with Gasteiger partial charge >= 0.3 is 26.2 Å². The number of morpholine rings is 1. The van der Waals surface area contributed by atoms with E-state index >= 15 is 0 Å². The smallest absolute Gasteiger partial charge is 0.383 e. The molecule has 1 aromatic heterocycles. The normalized spacial score (nSPS) is 19.3. The fourth-order valence-corrected chi connectivity index (χ4v) is 3.92. The lowest BCUT2D eigenvalue weighted by atomic mass is 10.0. The van der Waals surface area contributed by atoms with Crippen LogP contribution in [0.2, 0.25) is 0 Å². The van der Waals surface area contributed by atoms with Crippen LogP contribution < -0.4 is 11.4 Å². The zero-order chi connectivity index (χ0) is 27.7. The van der Waals surface area contributed by atoms with Gasteiger partial charge < -0.3 is 15.4 Å². The van der Waals surface area contributed by atoms with Crippen molar-refractivity contribution in [2.75, 3.05) is 39.5 Å². The molecule has 0 saturated carbocycles. The Morgan fingerprint density at radius 1 is 1.16 bits per heavy atom. The Hall–Kier alpha value is -3.07. The maximum atomic E-state index is 13.3. The second-order valence-electron chi connectivity index (χ2n) is 8.14. The molecule has 0 bridgehead atoms. The molecule has 0 aliphatic carbocycles. The number of halogens is 6.